The Morgan fingerprint density at radius 3 is 2.66 bits per heavy atom. The molecule has 2 heterocycles. The van der Waals surface area contributed by atoms with E-state index in [0.717, 1.165) is 18.7 Å². The predicted octanol–water partition coefficient (Wildman–Crippen LogP) is 3.57. The lowest BCUT2D eigenvalue weighted by Crippen LogP contribution is -2.23. The molecule has 32 heavy (non-hydrogen) atoms. The van der Waals surface area contributed by atoms with E-state index in [-0.39, 0.29) is 24.1 Å². The largest absolute Gasteiger partial charge is 0.490 e. The summed E-state index contributed by atoms with van der Waals surface area (Å²) in [4.78, 5) is 30.4. The molecule has 0 aliphatic carbocycles. The van der Waals surface area contributed by atoms with E-state index in [1.807, 2.05) is 19.1 Å². The van der Waals surface area contributed by atoms with Crippen molar-refractivity contribution in [1.29, 1.82) is 0 Å². The lowest BCUT2D eigenvalue weighted by atomic mass is 10.1. The summed E-state index contributed by atoms with van der Waals surface area (Å²) in [6.07, 6.45) is 8.31. The number of carbonyl (C=O) groups excluding carboxylic acids is 2. The van der Waals surface area contributed by atoms with Crippen molar-refractivity contribution in [2.45, 2.75) is 19.8 Å². The summed E-state index contributed by atoms with van der Waals surface area (Å²) in [6.45, 7) is 3.17. The molecule has 2 aliphatic rings. The lowest BCUT2D eigenvalue weighted by Gasteiger charge is -2.15. The Bertz CT molecular complexity index is 1140. The number of esters is 1. The van der Waals surface area contributed by atoms with Gasteiger partial charge in [-0.25, -0.2) is 9.79 Å². The van der Waals surface area contributed by atoms with Crippen molar-refractivity contribution in [1.82, 2.24) is 0 Å². The third kappa shape index (κ3) is 4.49. The quantitative estimate of drug-likeness (QED) is 0.381. The second kappa shape index (κ2) is 9.40. The number of nitrogens with zero attached hydrogens (tertiary/aromatic N) is 2. The number of hydrogen-bond donors (Lipinski definition) is 0. The molecule has 7 nitrogen and oxygen atoms in total. The van der Waals surface area contributed by atoms with E-state index < -0.39 is 5.97 Å². The molecule has 0 atom stereocenters. The van der Waals surface area contributed by atoms with Crippen LogP contribution in [0.15, 0.2) is 53.2 Å². The summed E-state index contributed by atoms with van der Waals surface area (Å²) in [5.41, 5.74) is 2.37. The number of hydrogen-bond acceptors (Lipinski definition) is 6. The number of aliphatic imine (C=N–C) groups is 1. The van der Waals surface area contributed by atoms with Crippen LogP contribution >= 0.6 is 0 Å². The van der Waals surface area contributed by atoms with Crippen LogP contribution in [0.1, 0.15) is 30.9 Å². The average molecular weight is 430 g/mol. The Balaban J connectivity index is 1.55. The molecule has 0 spiro atoms. The molecular weight excluding hydrogens is 408 g/mol. The van der Waals surface area contributed by atoms with E-state index in [1.165, 1.54) is 0 Å². The summed E-state index contributed by atoms with van der Waals surface area (Å²) < 4.78 is 16.5. The number of amides is 1. The number of carbonyl (C=O) groups is 2. The van der Waals surface area contributed by atoms with Gasteiger partial charge in [-0.15, -0.1) is 6.42 Å². The summed E-state index contributed by atoms with van der Waals surface area (Å²) in [5.74, 6) is 3.28. The zero-order valence-corrected chi connectivity index (χ0v) is 17.7. The van der Waals surface area contributed by atoms with Gasteiger partial charge < -0.3 is 19.1 Å². The highest BCUT2D eigenvalue weighted by molar-refractivity contribution is 6.13. The van der Waals surface area contributed by atoms with Gasteiger partial charge in [0.25, 0.3) is 0 Å². The third-order valence-electron chi connectivity index (χ3n) is 5.00. The van der Waals surface area contributed by atoms with Crippen molar-refractivity contribution in [2.75, 3.05) is 24.7 Å². The van der Waals surface area contributed by atoms with Crippen molar-refractivity contribution >= 4 is 29.5 Å². The third-order valence-corrected chi connectivity index (χ3v) is 5.00. The maximum absolute atomic E-state index is 12.4. The SMILES string of the molecule is C#CCOc1ccc(C=C2N=C(c3ccc(N4CCCC4=O)cc3)OC2=O)cc1OCC. The zero-order valence-electron chi connectivity index (χ0n) is 17.7. The van der Waals surface area contributed by atoms with E-state index in [4.69, 9.17) is 20.6 Å². The van der Waals surface area contributed by atoms with Gasteiger partial charge in [-0.1, -0.05) is 12.0 Å². The summed E-state index contributed by atoms with van der Waals surface area (Å²) in [5, 5.41) is 0. The molecule has 0 radical (unpaired) electrons. The summed E-state index contributed by atoms with van der Waals surface area (Å²) in [6, 6.07) is 12.5. The van der Waals surface area contributed by atoms with Crippen LogP contribution in [-0.4, -0.2) is 37.5 Å². The van der Waals surface area contributed by atoms with Gasteiger partial charge >= 0.3 is 5.97 Å². The highest BCUT2D eigenvalue weighted by atomic mass is 16.6. The highest BCUT2D eigenvalue weighted by Gasteiger charge is 2.25. The molecule has 1 fully saturated rings. The molecule has 0 saturated carbocycles. The Labute approximate surface area is 186 Å². The number of terminal acetylenes is 1. The maximum Gasteiger partial charge on any atom is 0.363 e. The van der Waals surface area contributed by atoms with Crippen molar-refractivity contribution in [3.63, 3.8) is 0 Å². The zero-order chi connectivity index (χ0) is 22.5. The Hall–Kier alpha value is -4.05. The fraction of sp³-hybridized carbons (Fsp3) is 0.240. The topological polar surface area (TPSA) is 77.4 Å². The monoisotopic (exact) mass is 430 g/mol. The predicted molar refractivity (Wildman–Crippen MR) is 121 cm³/mol. The first-order chi connectivity index (χ1) is 15.6. The normalized spacial score (nSPS) is 16.7. The van der Waals surface area contributed by atoms with Crippen LogP contribution in [-0.2, 0) is 14.3 Å². The van der Waals surface area contributed by atoms with Crippen LogP contribution in [0.3, 0.4) is 0 Å². The van der Waals surface area contributed by atoms with E-state index in [1.54, 1.807) is 41.3 Å². The molecule has 2 aliphatic heterocycles. The second-order valence-electron chi connectivity index (χ2n) is 7.16. The van der Waals surface area contributed by atoms with Crippen molar-refractivity contribution in [3.05, 3.63) is 59.3 Å². The summed E-state index contributed by atoms with van der Waals surface area (Å²) >= 11 is 0. The number of rotatable bonds is 7. The second-order valence-corrected chi connectivity index (χ2v) is 7.16. The molecule has 4 rings (SSSR count). The van der Waals surface area contributed by atoms with Crippen LogP contribution in [0, 0.1) is 12.3 Å². The van der Waals surface area contributed by atoms with E-state index >= 15 is 0 Å². The number of cyclic esters (lactones) is 1. The number of benzene rings is 2. The van der Waals surface area contributed by atoms with Crippen molar-refractivity contribution < 1.29 is 23.8 Å². The maximum atomic E-state index is 12.4. The van der Waals surface area contributed by atoms with Crippen LogP contribution in [0.4, 0.5) is 5.69 Å². The Morgan fingerprint density at radius 2 is 1.97 bits per heavy atom. The molecule has 2 aromatic rings. The molecular formula is C25H22N2O5. The van der Waals surface area contributed by atoms with E-state index in [0.29, 0.717) is 35.7 Å². The highest BCUT2D eigenvalue weighted by Crippen LogP contribution is 2.30. The van der Waals surface area contributed by atoms with Crippen LogP contribution < -0.4 is 14.4 Å². The molecule has 7 heteroatoms. The van der Waals surface area contributed by atoms with Gasteiger partial charge in [-0.3, -0.25) is 4.79 Å². The minimum Gasteiger partial charge on any atom is -0.490 e. The van der Waals surface area contributed by atoms with Crippen molar-refractivity contribution in [3.8, 4) is 23.8 Å². The average Bonchev–Trinajstić information content (AvgIpc) is 3.39. The first-order valence-electron chi connectivity index (χ1n) is 10.4. The Kier molecular flexibility index (Phi) is 6.22. The van der Waals surface area contributed by atoms with Crippen LogP contribution in [0.5, 0.6) is 11.5 Å². The van der Waals surface area contributed by atoms with Gasteiger partial charge in [0.1, 0.15) is 6.61 Å². The molecule has 0 N–H and O–H groups in total. The number of ether oxygens (including phenoxy) is 3. The fourth-order valence-corrected chi connectivity index (χ4v) is 3.52. The van der Waals surface area contributed by atoms with E-state index in [9.17, 15) is 9.59 Å². The standard InChI is InChI=1S/C25H22N2O5/c1-3-14-31-21-12-7-17(16-22(21)30-4-2)15-20-25(29)32-24(26-20)18-8-10-19(11-9-18)27-13-5-6-23(27)28/h1,7-12,15-16H,4-6,13-14H2,2H3. The molecule has 0 unspecified atom stereocenters. The molecule has 1 saturated heterocycles. The number of anilines is 1. The first-order valence-corrected chi connectivity index (χ1v) is 10.4. The van der Waals surface area contributed by atoms with Crippen molar-refractivity contribution in [2.24, 2.45) is 4.99 Å². The Morgan fingerprint density at radius 1 is 1.16 bits per heavy atom. The molecule has 162 valence electrons. The molecule has 2 aromatic carbocycles. The van der Waals surface area contributed by atoms with Gasteiger partial charge in [0.15, 0.2) is 17.2 Å². The minimum absolute atomic E-state index is 0.120. The smallest absolute Gasteiger partial charge is 0.363 e. The van der Waals surface area contributed by atoms with Gasteiger partial charge in [0.05, 0.1) is 6.61 Å². The lowest BCUT2D eigenvalue weighted by molar-refractivity contribution is -0.130. The van der Waals surface area contributed by atoms with Gasteiger partial charge in [-0.05, 0) is 61.4 Å². The van der Waals surface area contributed by atoms with Crippen LogP contribution in [0.25, 0.3) is 6.08 Å². The minimum atomic E-state index is -0.538. The molecule has 0 bridgehead atoms. The molecule has 1 amide bonds. The van der Waals surface area contributed by atoms with E-state index in [2.05, 4.69) is 10.9 Å². The molecule has 0 aromatic heterocycles. The van der Waals surface area contributed by atoms with Gasteiger partial charge in [0, 0.05) is 24.2 Å². The van der Waals surface area contributed by atoms with Gasteiger partial charge in [0.2, 0.25) is 11.8 Å². The summed E-state index contributed by atoms with van der Waals surface area (Å²) in [7, 11) is 0. The van der Waals surface area contributed by atoms with Crippen LogP contribution in [0.2, 0.25) is 0 Å². The fourth-order valence-electron chi connectivity index (χ4n) is 3.52. The first kappa shape index (κ1) is 21.2. The van der Waals surface area contributed by atoms with Gasteiger partial charge in [-0.2, -0.15) is 0 Å².